The number of aryl methyl sites for hydroxylation is 1. The maximum absolute atomic E-state index is 12.6. The quantitative estimate of drug-likeness (QED) is 0.540. The number of aromatic nitrogens is 2. The maximum atomic E-state index is 12.6. The lowest BCUT2D eigenvalue weighted by Gasteiger charge is -2.36. The van der Waals surface area contributed by atoms with E-state index >= 15 is 0 Å². The summed E-state index contributed by atoms with van der Waals surface area (Å²) < 4.78 is 0.788. The van der Waals surface area contributed by atoms with Crippen molar-refractivity contribution in [2.45, 2.75) is 11.3 Å². The number of piperazine rings is 1. The predicted molar refractivity (Wildman–Crippen MR) is 125 cm³/mol. The van der Waals surface area contributed by atoms with Crippen molar-refractivity contribution in [2.24, 2.45) is 0 Å². The molecule has 4 rings (SSSR count). The number of benzene rings is 2. The largest absolute Gasteiger partial charge is 0.368 e. The van der Waals surface area contributed by atoms with Gasteiger partial charge in [-0.15, -0.1) is 10.2 Å². The molecule has 0 radical (unpaired) electrons. The Balaban J connectivity index is 1.24. The maximum Gasteiger partial charge on any atom is 0.233 e. The fourth-order valence-electron chi connectivity index (χ4n) is 3.18. The summed E-state index contributed by atoms with van der Waals surface area (Å²) in [6.45, 7) is 5.09. The predicted octanol–water partition coefficient (Wildman–Crippen LogP) is 4.68. The Morgan fingerprint density at radius 2 is 1.90 bits per heavy atom. The number of hydrogen-bond acceptors (Lipinski definition) is 7. The lowest BCUT2D eigenvalue weighted by atomic mass is 10.2. The molecular weight excluding hydrogens is 438 g/mol. The highest BCUT2D eigenvalue weighted by atomic mass is 35.5. The summed E-state index contributed by atoms with van der Waals surface area (Å²) in [7, 11) is 0. The molecule has 0 aliphatic carbocycles. The van der Waals surface area contributed by atoms with Crippen LogP contribution in [0.4, 0.5) is 16.5 Å². The first-order valence-corrected chi connectivity index (χ1v) is 11.8. The van der Waals surface area contributed by atoms with E-state index in [1.54, 1.807) is 0 Å². The molecule has 2 aromatic carbocycles. The van der Waals surface area contributed by atoms with Crippen LogP contribution < -0.4 is 10.2 Å². The summed E-state index contributed by atoms with van der Waals surface area (Å²) >= 11 is 8.98. The highest BCUT2D eigenvalue weighted by Gasteiger charge is 2.22. The van der Waals surface area contributed by atoms with Gasteiger partial charge in [0.2, 0.25) is 11.0 Å². The van der Waals surface area contributed by atoms with E-state index in [-0.39, 0.29) is 5.91 Å². The van der Waals surface area contributed by atoms with Crippen LogP contribution in [0.2, 0.25) is 5.02 Å². The average Bonchev–Trinajstić information content (AvgIpc) is 3.21. The number of carbonyl (C=O) groups excluding carboxylic acids is 1. The van der Waals surface area contributed by atoms with Crippen LogP contribution in [0.5, 0.6) is 0 Å². The van der Waals surface area contributed by atoms with Gasteiger partial charge in [0.15, 0.2) is 4.34 Å². The van der Waals surface area contributed by atoms with Gasteiger partial charge in [0.25, 0.3) is 0 Å². The van der Waals surface area contributed by atoms with Crippen LogP contribution >= 0.6 is 34.7 Å². The van der Waals surface area contributed by atoms with Crippen LogP contribution in [0.3, 0.4) is 0 Å². The van der Waals surface area contributed by atoms with Crippen LogP contribution in [0, 0.1) is 6.92 Å². The Kier molecular flexibility index (Phi) is 6.76. The van der Waals surface area contributed by atoms with Gasteiger partial charge in [-0.05, 0) is 37.3 Å². The zero-order valence-corrected chi connectivity index (χ0v) is 18.9. The number of carbonyl (C=O) groups is 1. The smallest absolute Gasteiger partial charge is 0.233 e. The lowest BCUT2D eigenvalue weighted by molar-refractivity contribution is -0.128. The van der Waals surface area contributed by atoms with Crippen molar-refractivity contribution in [2.75, 3.05) is 42.1 Å². The molecule has 6 nitrogen and oxygen atoms in total. The molecule has 1 aliphatic heterocycles. The monoisotopic (exact) mass is 459 g/mol. The molecule has 1 aliphatic rings. The van der Waals surface area contributed by atoms with E-state index in [1.807, 2.05) is 47.4 Å². The molecule has 1 aromatic heterocycles. The number of nitrogens with one attached hydrogen (secondary N) is 1. The number of amides is 1. The number of rotatable bonds is 6. The topological polar surface area (TPSA) is 61.4 Å². The van der Waals surface area contributed by atoms with E-state index in [1.165, 1.54) is 28.7 Å². The van der Waals surface area contributed by atoms with Gasteiger partial charge in [-0.3, -0.25) is 4.79 Å². The van der Waals surface area contributed by atoms with Crippen LogP contribution in [0.15, 0.2) is 52.9 Å². The van der Waals surface area contributed by atoms with Crippen molar-refractivity contribution in [3.63, 3.8) is 0 Å². The molecule has 2 heterocycles. The summed E-state index contributed by atoms with van der Waals surface area (Å²) in [6, 6.07) is 16.0. The molecule has 0 saturated carbocycles. The second-order valence-corrected chi connectivity index (χ2v) is 9.64. The van der Waals surface area contributed by atoms with Gasteiger partial charge in [0.05, 0.1) is 5.75 Å². The molecule has 9 heteroatoms. The van der Waals surface area contributed by atoms with E-state index in [2.05, 4.69) is 33.4 Å². The van der Waals surface area contributed by atoms with Crippen molar-refractivity contribution < 1.29 is 4.79 Å². The highest BCUT2D eigenvalue weighted by Crippen LogP contribution is 2.28. The molecular formula is C21H22ClN5OS2. The van der Waals surface area contributed by atoms with Gasteiger partial charge in [0.1, 0.15) is 0 Å². The Morgan fingerprint density at radius 1 is 1.13 bits per heavy atom. The van der Waals surface area contributed by atoms with Gasteiger partial charge >= 0.3 is 0 Å². The van der Waals surface area contributed by atoms with E-state index in [4.69, 9.17) is 11.6 Å². The lowest BCUT2D eigenvalue weighted by Crippen LogP contribution is -2.49. The molecule has 1 saturated heterocycles. The molecule has 0 atom stereocenters. The summed E-state index contributed by atoms with van der Waals surface area (Å²) in [5.74, 6) is 0.505. The standard InChI is InChI=1S/C21H22ClN5OS2/c1-15-5-7-17(8-6-15)23-20-24-25-21(30-20)29-14-19(28)27-11-9-26(10-12-27)18-4-2-3-16(22)13-18/h2-8,13H,9-12,14H2,1H3,(H,23,24). The van der Waals surface area contributed by atoms with Crippen LogP contribution in [0.25, 0.3) is 0 Å². The first-order chi connectivity index (χ1) is 14.6. The van der Waals surface area contributed by atoms with Crippen LogP contribution in [-0.2, 0) is 4.79 Å². The Bertz CT molecular complexity index is 1000. The second-order valence-electron chi connectivity index (χ2n) is 7.00. The minimum atomic E-state index is 0.133. The second kappa shape index (κ2) is 9.68. The molecule has 0 unspecified atom stereocenters. The first-order valence-electron chi connectivity index (χ1n) is 9.65. The normalized spacial score (nSPS) is 14.1. The van der Waals surface area contributed by atoms with Gasteiger partial charge in [-0.25, -0.2) is 0 Å². The molecule has 1 N–H and O–H groups in total. The van der Waals surface area contributed by atoms with Crippen molar-refractivity contribution in [1.82, 2.24) is 15.1 Å². The van der Waals surface area contributed by atoms with E-state index in [0.29, 0.717) is 18.8 Å². The van der Waals surface area contributed by atoms with Crippen molar-refractivity contribution in [3.8, 4) is 0 Å². The van der Waals surface area contributed by atoms with E-state index < -0.39 is 0 Å². The SMILES string of the molecule is Cc1ccc(Nc2nnc(SCC(=O)N3CCN(c4cccc(Cl)c4)CC3)s2)cc1. The molecule has 0 bridgehead atoms. The Morgan fingerprint density at radius 3 is 2.63 bits per heavy atom. The number of hydrogen-bond donors (Lipinski definition) is 1. The molecule has 1 fully saturated rings. The first kappa shape index (κ1) is 21.0. The van der Waals surface area contributed by atoms with E-state index in [9.17, 15) is 4.79 Å². The average molecular weight is 460 g/mol. The van der Waals surface area contributed by atoms with Crippen LogP contribution in [0.1, 0.15) is 5.56 Å². The zero-order chi connectivity index (χ0) is 20.9. The third kappa shape index (κ3) is 5.44. The molecule has 0 spiro atoms. The number of anilines is 3. The third-order valence-corrected chi connectivity index (χ3v) is 7.03. The molecule has 3 aromatic rings. The molecule has 156 valence electrons. The number of thioether (sulfide) groups is 1. The molecule has 30 heavy (non-hydrogen) atoms. The fourth-order valence-corrected chi connectivity index (χ4v) is 5.04. The highest BCUT2D eigenvalue weighted by molar-refractivity contribution is 8.01. The zero-order valence-electron chi connectivity index (χ0n) is 16.5. The summed E-state index contributed by atoms with van der Waals surface area (Å²) in [4.78, 5) is 16.8. The Hall–Kier alpha value is -2.29. The van der Waals surface area contributed by atoms with Gasteiger partial charge < -0.3 is 15.1 Å². The van der Waals surface area contributed by atoms with Crippen molar-refractivity contribution in [1.29, 1.82) is 0 Å². The molecule has 1 amide bonds. The fraction of sp³-hybridized carbons (Fsp3) is 0.286. The van der Waals surface area contributed by atoms with Crippen molar-refractivity contribution >= 4 is 57.1 Å². The number of nitrogens with zero attached hydrogens (tertiary/aromatic N) is 4. The Labute approximate surface area is 189 Å². The van der Waals surface area contributed by atoms with Gasteiger partial charge in [-0.2, -0.15) is 0 Å². The van der Waals surface area contributed by atoms with Gasteiger partial charge in [0, 0.05) is 42.6 Å². The summed E-state index contributed by atoms with van der Waals surface area (Å²) in [5.41, 5.74) is 3.29. The summed E-state index contributed by atoms with van der Waals surface area (Å²) in [6.07, 6.45) is 0. The van der Waals surface area contributed by atoms with Crippen LogP contribution in [-0.4, -0.2) is 52.9 Å². The summed E-state index contributed by atoms with van der Waals surface area (Å²) in [5, 5.41) is 13.1. The van der Waals surface area contributed by atoms with Gasteiger partial charge in [-0.1, -0.05) is 58.5 Å². The van der Waals surface area contributed by atoms with Crippen molar-refractivity contribution in [3.05, 3.63) is 59.1 Å². The minimum absolute atomic E-state index is 0.133. The van der Waals surface area contributed by atoms with E-state index in [0.717, 1.165) is 39.0 Å². The minimum Gasteiger partial charge on any atom is -0.368 e. The number of halogens is 1. The third-order valence-electron chi connectivity index (χ3n) is 4.83.